The number of pyridine rings is 1. The second kappa shape index (κ2) is 7.49. The summed E-state index contributed by atoms with van der Waals surface area (Å²) in [4.78, 5) is 17.0. The van der Waals surface area contributed by atoms with Crippen LogP contribution in [0.3, 0.4) is 0 Å². The van der Waals surface area contributed by atoms with Gasteiger partial charge in [-0.2, -0.15) is 0 Å². The van der Waals surface area contributed by atoms with Crippen LogP contribution in [-0.2, 0) is 0 Å². The van der Waals surface area contributed by atoms with Crippen molar-refractivity contribution in [2.24, 2.45) is 0 Å². The molecule has 0 unspecified atom stereocenters. The number of anilines is 3. The average molecular weight is 333 g/mol. The van der Waals surface area contributed by atoms with Gasteiger partial charge in [-0.05, 0) is 55.0 Å². The van der Waals surface area contributed by atoms with Gasteiger partial charge >= 0.3 is 0 Å². The van der Waals surface area contributed by atoms with Crippen molar-refractivity contribution in [3.8, 4) is 5.75 Å². The molecule has 0 atom stereocenters. The number of para-hydroxylation sites is 1. The SMILES string of the molecule is COc1ccc(Nc2ncccc2C(=O)Nc2ccccc2C)cc1. The van der Waals surface area contributed by atoms with E-state index in [1.54, 1.807) is 25.4 Å². The maximum atomic E-state index is 12.7. The van der Waals surface area contributed by atoms with E-state index < -0.39 is 0 Å². The molecule has 5 heteroatoms. The minimum absolute atomic E-state index is 0.210. The lowest BCUT2D eigenvalue weighted by Gasteiger charge is -2.12. The first kappa shape index (κ1) is 16.5. The molecule has 2 aromatic carbocycles. The quantitative estimate of drug-likeness (QED) is 0.727. The number of carbonyl (C=O) groups is 1. The van der Waals surface area contributed by atoms with Crippen LogP contribution in [0.5, 0.6) is 5.75 Å². The molecule has 5 nitrogen and oxygen atoms in total. The van der Waals surface area contributed by atoms with E-state index in [0.717, 1.165) is 22.7 Å². The number of carbonyl (C=O) groups excluding carboxylic acids is 1. The third kappa shape index (κ3) is 3.95. The second-order valence-corrected chi connectivity index (χ2v) is 5.52. The fourth-order valence-electron chi connectivity index (χ4n) is 2.40. The number of amides is 1. The molecule has 0 spiro atoms. The van der Waals surface area contributed by atoms with Gasteiger partial charge in [0.15, 0.2) is 0 Å². The van der Waals surface area contributed by atoms with Gasteiger partial charge in [-0.3, -0.25) is 4.79 Å². The van der Waals surface area contributed by atoms with Gasteiger partial charge in [-0.1, -0.05) is 18.2 Å². The molecule has 0 saturated heterocycles. The van der Waals surface area contributed by atoms with Crippen LogP contribution >= 0.6 is 0 Å². The van der Waals surface area contributed by atoms with Gasteiger partial charge in [0.1, 0.15) is 11.6 Å². The lowest BCUT2D eigenvalue weighted by atomic mass is 10.1. The molecule has 0 fully saturated rings. The largest absolute Gasteiger partial charge is 0.497 e. The first-order valence-corrected chi connectivity index (χ1v) is 7.90. The molecular weight excluding hydrogens is 314 g/mol. The molecule has 0 bridgehead atoms. The van der Waals surface area contributed by atoms with Crippen molar-refractivity contribution in [1.29, 1.82) is 0 Å². The number of benzene rings is 2. The van der Waals surface area contributed by atoms with Gasteiger partial charge < -0.3 is 15.4 Å². The highest BCUT2D eigenvalue weighted by molar-refractivity contribution is 6.08. The van der Waals surface area contributed by atoms with Crippen molar-refractivity contribution < 1.29 is 9.53 Å². The molecule has 0 aliphatic rings. The summed E-state index contributed by atoms with van der Waals surface area (Å²) in [6.07, 6.45) is 1.65. The summed E-state index contributed by atoms with van der Waals surface area (Å²) in [6.45, 7) is 1.95. The number of ether oxygens (including phenoxy) is 1. The number of hydrogen-bond donors (Lipinski definition) is 2. The first-order chi connectivity index (χ1) is 12.2. The molecule has 0 aliphatic heterocycles. The molecule has 126 valence electrons. The molecule has 1 heterocycles. The smallest absolute Gasteiger partial charge is 0.259 e. The summed E-state index contributed by atoms with van der Waals surface area (Å²) in [5.74, 6) is 1.06. The summed E-state index contributed by atoms with van der Waals surface area (Å²) in [7, 11) is 1.62. The van der Waals surface area contributed by atoms with Crippen molar-refractivity contribution in [3.63, 3.8) is 0 Å². The van der Waals surface area contributed by atoms with Gasteiger partial charge in [0.05, 0.1) is 12.7 Å². The molecule has 25 heavy (non-hydrogen) atoms. The number of nitrogens with zero attached hydrogens (tertiary/aromatic N) is 1. The topological polar surface area (TPSA) is 63.2 Å². The van der Waals surface area contributed by atoms with Crippen LogP contribution in [-0.4, -0.2) is 18.0 Å². The summed E-state index contributed by atoms with van der Waals surface area (Å²) in [6, 6.07) is 18.6. The molecule has 0 radical (unpaired) electrons. The van der Waals surface area contributed by atoms with E-state index in [9.17, 15) is 4.79 Å². The summed E-state index contributed by atoms with van der Waals surface area (Å²) in [5, 5.41) is 6.11. The number of hydrogen-bond acceptors (Lipinski definition) is 4. The van der Waals surface area contributed by atoms with Crippen LogP contribution in [0.4, 0.5) is 17.2 Å². The minimum Gasteiger partial charge on any atom is -0.497 e. The highest BCUT2D eigenvalue weighted by atomic mass is 16.5. The third-order valence-electron chi connectivity index (χ3n) is 3.80. The van der Waals surface area contributed by atoms with Crippen LogP contribution in [0.25, 0.3) is 0 Å². The maximum absolute atomic E-state index is 12.7. The van der Waals surface area contributed by atoms with Gasteiger partial charge in [0.25, 0.3) is 5.91 Å². The van der Waals surface area contributed by atoms with E-state index in [0.29, 0.717) is 11.4 Å². The van der Waals surface area contributed by atoms with E-state index in [-0.39, 0.29) is 5.91 Å². The molecule has 0 aliphatic carbocycles. The number of nitrogens with one attached hydrogen (secondary N) is 2. The molecular formula is C20H19N3O2. The predicted molar refractivity (Wildman–Crippen MR) is 99.6 cm³/mol. The van der Waals surface area contributed by atoms with E-state index in [1.165, 1.54) is 0 Å². The Kier molecular flexibility index (Phi) is 4.95. The van der Waals surface area contributed by atoms with Gasteiger partial charge in [0, 0.05) is 17.6 Å². The second-order valence-electron chi connectivity index (χ2n) is 5.52. The van der Waals surface area contributed by atoms with Crippen molar-refractivity contribution in [2.75, 3.05) is 17.7 Å². The van der Waals surface area contributed by atoms with E-state index in [4.69, 9.17) is 4.74 Å². The van der Waals surface area contributed by atoms with Gasteiger partial charge in [-0.15, -0.1) is 0 Å². The zero-order valence-corrected chi connectivity index (χ0v) is 14.1. The Bertz CT molecular complexity index is 876. The van der Waals surface area contributed by atoms with Crippen LogP contribution in [0.15, 0.2) is 66.9 Å². The fourth-order valence-corrected chi connectivity index (χ4v) is 2.40. The van der Waals surface area contributed by atoms with Crippen molar-refractivity contribution >= 4 is 23.1 Å². The number of methoxy groups -OCH3 is 1. The standard InChI is InChI=1S/C20H19N3O2/c1-14-6-3-4-8-18(14)23-20(24)17-7-5-13-21-19(17)22-15-9-11-16(25-2)12-10-15/h3-13H,1-2H3,(H,21,22)(H,23,24). The van der Waals surface area contributed by atoms with Crippen molar-refractivity contribution in [1.82, 2.24) is 4.98 Å². The van der Waals surface area contributed by atoms with E-state index in [1.807, 2.05) is 55.5 Å². The predicted octanol–water partition coefficient (Wildman–Crippen LogP) is 4.39. The summed E-state index contributed by atoms with van der Waals surface area (Å²) < 4.78 is 5.15. The minimum atomic E-state index is -0.210. The fraction of sp³-hybridized carbons (Fsp3) is 0.100. The van der Waals surface area contributed by atoms with E-state index >= 15 is 0 Å². The Morgan fingerprint density at radius 3 is 2.48 bits per heavy atom. The van der Waals surface area contributed by atoms with Gasteiger partial charge in [0.2, 0.25) is 0 Å². The maximum Gasteiger partial charge on any atom is 0.259 e. The molecule has 2 N–H and O–H groups in total. The molecule has 1 amide bonds. The van der Waals surface area contributed by atoms with Crippen LogP contribution in [0, 0.1) is 6.92 Å². The van der Waals surface area contributed by atoms with Gasteiger partial charge in [-0.25, -0.2) is 4.98 Å². The highest BCUT2D eigenvalue weighted by Gasteiger charge is 2.13. The number of aromatic nitrogens is 1. The van der Waals surface area contributed by atoms with Crippen LogP contribution in [0.1, 0.15) is 15.9 Å². The Labute approximate surface area is 146 Å². The normalized spacial score (nSPS) is 10.2. The molecule has 3 rings (SSSR count). The zero-order valence-electron chi connectivity index (χ0n) is 14.1. The highest BCUT2D eigenvalue weighted by Crippen LogP contribution is 2.22. The Morgan fingerprint density at radius 2 is 1.76 bits per heavy atom. The third-order valence-corrected chi connectivity index (χ3v) is 3.80. The lowest BCUT2D eigenvalue weighted by molar-refractivity contribution is 0.102. The van der Waals surface area contributed by atoms with Crippen molar-refractivity contribution in [3.05, 3.63) is 78.0 Å². The van der Waals surface area contributed by atoms with Crippen LogP contribution in [0.2, 0.25) is 0 Å². The Balaban J connectivity index is 1.82. The monoisotopic (exact) mass is 333 g/mol. The summed E-state index contributed by atoms with van der Waals surface area (Å²) >= 11 is 0. The Hall–Kier alpha value is -3.34. The molecule has 1 aromatic heterocycles. The average Bonchev–Trinajstić information content (AvgIpc) is 2.64. The number of aryl methyl sites for hydroxylation is 1. The van der Waals surface area contributed by atoms with Crippen LogP contribution < -0.4 is 15.4 Å². The number of rotatable bonds is 5. The molecule has 0 saturated carbocycles. The van der Waals surface area contributed by atoms with Crippen molar-refractivity contribution in [2.45, 2.75) is 6.92 Å². The molecule has 3 aromatic rings. The Morgan fingerprint density at radius 1 is 1.00 bits per heavy atom. The van der Waals surface area contributed by atoms with E-state index in [2.05, 4.69) is 15.6 Å². The summed E-state index contributed by atoms with van der Waals surface area (Å²) in [5.41, 5.74) is 3.09. The lowest BCUT2D eigenvalue weighted by Crippen LogP contribution is -2.15. The zero-order chi connectivity index (χ0) is 17.6. The first-order valence-electron chi connectivity index (χ1n) is 7.90.